The molecule has 1 unspecified atom stereocenters. The van der Waals surface area contributed by atoms with Crippen molar-refractivity contribution in [3.8, 4) is 11.5 Å². The number of carbonyl (C=O) groups is 1. The largest absolute Gasteiger partial charge is 0.490 e. The van der Waals surface area contributed by atoms with Gasteiger partial charge in [-0.25, -0.2) is 0 Å². The zero-order valence-corrected chi connectivity index (χ0v) is 16.9. The van der Waals surface area contributed by atoms with Crippen LogP contribution in [0.4, 0.5) is 0 Å². The van der Waals surface area contributed by atoms with Crippen molar-refractivity contribution in [2.45, 2.75) is 52.5 Å². The molecule has 0 aromatic heterocycles. The quantitative estimate of drug-likeness (QED) is 0.653. The predicted octanol–water partition coefficient (Wildman–Crippen LogP) is 3.20. The number of nitrogens with two attached hydrogens (primary N) is 1. The van der Waals surface area contributed by atoms with E-state index in [0.717, 1.165) is 29.9 Å². The topological polar surface area (TPSA) is 82.8 Å². The van der Waals surface area contributed by atoms with E-state index in [1.54, 1.807) is 0 Å². The SMILES string of the molecule is CCCOc1ccc(C(C)NC(=O)C2(CN)CCOCC2)cc1OCCC. The van der Waals surface area contributed by atoms with E-state index in [4.69, 9.17) is 19.9 Å². The summed E-state index contributed by atoms with van der Waals surface area (Å²) in [6, 6.07) is 5.72. The molecule has 3 N–H and O–H groups in total. The van der Waals surface area contributed by atoms with E-state index in [-0.39, 0.29) is 11.9 Å². The van der Waals surface area contributed by atoms with Gasteiger partial charge < -0.3 is 25.3 Å². The van der Waals surface area contributed by atoms with Crippen molar-refractivity contribution in [3.05, 3.63) is 23.8 Å². The highest BCUT2D eigenvalue weighted by Gasteiger charge is 2.39. The summed E-state index contributed by atoms with van der Waals surface area (Å²) in [5, 5.41) is 3.13. The molecule has 1 atom stereocenters. The lowest BCUT2D eigenvalue weighted by atomic mass is 9.79. The van der Waals surface area contributed by atoms with Gasteiger partial charge in [0, 0.05) is 19.8 Å². The summed E-state index contributed by atoms with van der Waals surface area (Å²) in [6.45, 7) is 8.89. The molecule has 6 heteroatoms. The molecule has 1 amide bonds. The Bertz CT molecular complexity index is 600. The monoisotopic (exact) mass is 378 g/mol. The van der Waals surface area contributed by atoms with Gasteiger partial charge in [0.1, 0.15) is 0 Å². The van der Waals surface area contributed by atoms with Gasteiger partial charge in [0.2, 0.25) is 5.91 Å². The number of nitrogens with one attached hydrogen (secondary N) is 1. The first kappa shape index (κ1) is 21.5. The summed E-state index contributed by atoms with van der Waals surface area (Å²) < 4.78 is 17.0. The Balaban J connectivity index is 2.12. The number of benzene rings is 1. The van der Waals surface area contributed by atoms with E-state index in [9.17, 15) is 4.79 Å². The third-order valence-corrected chi connectivity index (χ3v) is 5.06. The van der Waals surface area contributed by atoms with Crippen LogP contribution in [0.25, 0.3) is 0 Å². The molecule has 1 aromatic carbocycles. The van der Waals surface area contributed by atoms with E-state index in [1.807, 2.05) is 25.1 Å². The average molecular weight is 379 g/mol. The molecular formula is C21H34N2O4. The maximum atomic E-state index is 12.9. The number of ether oxygens (including phenoxy) is 3. The minimum atomic E-state index is -0.530. The van der Waals surface area contributed by atoms with E-state index >= 15 is 0 Å². The van der Waals surface area contributed by atoms with Crippen LogP contribution in [0, 0.1) is 5.41 Å². The molecule has 0 aliphatic carbocycles. The van der Waals surface area contributed by atoms with Crippen molar-refractivity contribution >= 4 is 5.91 Å². The highest BCUT2D eigenvalue weighted by Crippen LogP contribution is 2.33. The Hall–Kier alpha value is -1.79. The standard InChI is InChI=1S/C21H34N2O4/c1-4-10-26-18-7-6-17(14-19(18)27-11-5-2)16(3)23-20(24)21(15-22)8-12-25-13-9-21/h6-7,14,16H,4-5,8-13,15,22H2,1-3H3,(H,23,24). The number of rotatable bonds is 10. The molecule has 27 heavy (non-hydrogen) atoms. The summed E-state index contributed by atoms with van der Waals surface area (Å²) in [4.78, 5) is 12.9. The fraction of sp³-hybridized carbons (Fsp3) is 0.667. The third-order valence-electron chi connectivity index (χ3n) is 5.06. The van der Waals surface area contributed by atoms with Gasteiger partial charge in [0.15, 0.2) is 11.5 Å². The first-order chi connectivity index (χ1) is 13.1. The maximum Gasteiger partial charge on any atom is 0.228 e. The number of amides is 1. The van der Waals surface area contributed by atoms with Crippen LogP contribution in [0.2, 0.25) is 0 Å². The molecule has 0 saturated carbocycles. The number of carbonyl (C=O) groups excluding carboxylic acids is 1. The van der Waals surface area contributed by atoms with Crippen LogP contribution in [0.1, 0.15) is 58.1 Å². The van der Waals surface area contributed by atoms with Crippen LogP contribution < -0.4 is 20.5 Å². The fourth-order valence-corrected chi connectivity index (χ4v) is 3.17. The second kappa shape index (κ2) is 10.5. The molecule has 1 heterocycles. The van der Waals surface area contributed by atoms with Crippen molar-refractivity contribution < 1.29 is 19.0 Å². The van der Waals surface area contributed by atoms with Crippen LogP contribution in [-0.2, 0) is 9.53 Å². The summed E-state index contributed by atoms with van der Waals surface area (Å²) in [5.41, 5.74) is 6.40. The first-order valence-corrected chi connectivity index (χ1v) is 10.0. The first-order valence-electron chi connectivity index (χ1n) is 10.0. The van der Waals surface area contributed by atoms with Gasteiger partial charge in [-0.2, -0.15) is 0 Å². The minimum Gasteiger partial charge on any atom is -0.490 e. The lowest BCUT2D eigenvalue weighted by Crippen LogP contribution is -2.49. The van der Waals surface area contributed by atoms with Crippen molar-refractivity contribution in [1.29, 1.82) is 0 Å². The summed E-state index contributed by atoms with van der Waals surface area (Å²) in [6.07, 6.45) is 3.19. The Morgan fingerprint density at radius 3 is 2.41 bits per heavy atom. The summed E-state index contributed by atoms with van der Waals surface area (Å²) in [5.74, 6) is 1.47. The van der Waals surface area contributed by atoms with Crippen LogP contribution in [0.5, 0.6) is 11.5 Å². The van der Waals surface area contributed by atoms with Crippen molar-refractivity contribution in [2.24, 2.45) is 11.1 Å². The van der Waals surface area contributed by atoms with Gasteiger partial charge in [-0.15, -0.1) is 0 Å². The zero-order chi connectivity index (χ0) is 19.7. The van der Waals surface area contributed by atoms with E-state index < -0.39 is 5.41 Å². The molecule has 0 radical (unpaired) electrons. The number of hydrogen-bond donors (Lipinski definition) is 2. The Kier molecular flexibility index (Phi) is 8.38. The van der Waals surface area contributed by atoms with Crippen LogP contribution in [0.15, 0.2) is 18.2 Å². The maximum absolute atomic E-state index is 12.9. The molecule has 1 aliphatic rings. The summed E-state index contributed by atoms with van der Waals surface area (Å²) >= 11 is 0. The summed E-state index contributed by atoms with van der Waals surface area (Å²) in [7, 11) is 0. The van der Waals surface area contributed by atoms with E-state index in [2.05, 4.69) is 19.2 Å². The van der Waals surface area contributed by atoms with E-state index in [1.165, 1.54) is 0 Å². The highest BCUT2D eigenvalue weighted by atomic mass is 16.5. The molecule has 1 aliphatic heterocycles. The Morgan fingerprint density at radius 2 is 1.81 bits per heavy atom. The number of hydrogen-bond acceptors (Lipinski definition) is 5. The van der Waals surface area contributed by atoms with Gasteiger partial charge in [-0.1, -0.05) is 19.9 Å². The zero-order valence-electron chi connectivity index (χ0n) is 16.9. The normalized spacial score (nSPS) is 17.2. The minimum absolute atomic E-state index is 0.00290. The lowest BCUT2D eigenvalue weighted by Gasteiger charge is -2.35. The van der Waals surface area contributed by atoms with Crippen molar-refractivity contribution in [3.63, 3.8) is 0 Å². The van der Waals surface area contributed by atoms with Crippen LogP contribution in [-0.4, -0.2) is 38.9 Å². The van der Waals surface area contributed by atoms with Gasteiger partial charge in [0.25, 0.3) is 0 Å². The molecule has 1 fully saturated rings. The molecule has 0 bridgehead atoms. The lowest BCUT2D eigenvalue weighted by molar-refractivity contribution is -0.136. The second-order valence-corrected chi connectivity index (χ2v) is 7.20. The van der Waals surface area contributed by atoms with Crippen LogP contribution >= 0.6 is 0 Å². The van der Waals surface area contributed by atoms with Gasteiger partial charge >= 0.3 is 0 Å². The van der Waals surface area contributed by atoms with Gasteiger partial charge in [-0.05, 0) is 50.3 Å². The Morgan fingerprint density at radius 1 is 1.19 bits per heavy atom. The third kappa shape index (κ3) is 5.59. The average Bonchev–Trinajstić information content (AvgIpc) is 2.71. The fourth-order valence-electron chi connectivity index (χ4n) is 3.17. The van der Waals surface area contributed by atoms with Gasteiger partial charge in [0.05, 0.1) is 24.7 Å². The molecule has 2 rings (SSSR count). The molecule has 6 nitrogen and oxygen atoms in total. The Labute approximate surface area is 162 Å². The van der Waals surface area contributed by atoms with E-state index in [0.29, 0.717) is 45.8 Å². The van der Waals surface area contributed by atoms with Gasteiger partial charge in [-0.3, -0.25) is 4.79 Å². The molecule has 0 spiro atoms. The van der Waals surface area contributed by atoms with Crippen molar-refractivity contribution in [1.82, 2.24) is 5.32 Å². The molecule has 1 saturated heterocycles. The van der Waals surface area contributed by atoms with Crippen LogP contribution in [0.3, 0.4) is 0 Å². The second-order valence-electron chi connectivity index (χ2n) is 7.20. The van der Waals surface area contributed by atoms with Crippen molar-refractivity contribution in [2.75, 3.05) is 33.0 Å². The molecule has 1 aromatic rings. The molecular weight excluding hydrogens is 344 g/mol. The highest BCUT2D eigenvalue weighted by molar-refractivity contribution is 5.83. The predicted molar refractivity (Wildman–Crippen MR) is 106 cm³/mol. The molecule has 152 valence electrons. The smallest absolute Gasteiger partial charge is 0.228 e.